The molecule has 170 valence electrons. The molecular weight excluding hydrogens is 419 g/mol. The zero-order valence-corrected chi connectivity index (χ0v) is 18.4. The Hall–Kier alpha value is -3.50. The van der Waals surface area contributed by atoms with E-state index in [0.717, 1.165) is 0 Å². The number of fused-ring (bicyclic) bond motifs is 1. The van der Waals surface area contributed by atoms with Crippen LogP contribution in [-0.4, -0.2) is 68.1 Å². The zero-order valence-electron chi connectivity index (χ0n) is 18.4. The Morgan fingerprint density at radius 3 is 2.62 bits per heavy atom. The normalized spacial score (nSPS) is 14.8. The van der Waals surface area contributed by atoms with Gasteiger partial charge in [-0.05, 0) is 19.9 Å². The van der Waals surface area contributed by atoms with Crippen molar-refractivity contribution in [1.82, 2.24) is 29.6 Å². The van der Waals surface area contributed by atoms with Gasteiger partial charge in [0.15, 0.2) is 0 Å². The summed E-state index contributed by atoms with van der Waals surface area (Å²) in [6.07, 6.45) is 2.05. The highest BCUT2D eigenvalue weighted by molar-refractivity contribution is 5.92. The number of likely N-dealkylation sites (tertiary alicyclic amines) is 1. The second-order valence-electron chi connectivity index (χ2n) is 7.78. The number of aryl methyl sites for hydroxylation is 1. The van der Waals surface area contributed by atoms with Crippen LogP contribution in [0.25, 0.3) is 22.3 Å². The molecule has 0 radical (unpaired) electrons. The van der Waals surface area contributed by atoms with E-state index in [2.05, 4.69) is 20.1 Å². The van der Waals surface area contributed by atoms with Crippen molar-refractivity contribution in [2.75, 3.05) is 20.2 Å². The van der Waals surface area contributed by atoms with Gasteiger partial charge in [0.2, 0.25) is 17.7 Å². The molecule has 4 rings (SSSR count). The van der Waals surface area contributed by atoms with Gasteiger partial charge in [-0.1, -0.05) is 0 Å². The van der Waals surface area contributed by atoms with Gasteiger partial charge in [-0.15, -0.1) is 0 Å². The maximum atomic E-state index is 14.6. The first-order valence-corrected chi connectivity index (χ1v) is 10.4. The lowest BCUT2D eigenvalue weighted by Gasteiger charge is -2.31. The monoisotopic (exact) mass is 444 g/mol. The average Bonchev–Trinajstić information content (AvgIpc) is 3.11. The van der Waals surface area contributed by atoms with Crippen molar-refractivity contribution in [1.29, 1.82) is 0 Å². The standard InChI is InChI=1S/C21H25FN6O4/c1-12(2)31-21(29)28-9-7-13(8-10-28)32-20-18-17(23-11-24-20)16(26-27(18)3)14-5-6-15(30-4)25-19(14)22/h5-6,11-13H,7-10H2,1-4H3. The van der Waals surface area contributed by atoms with Crippen molar-refractivity contribution in [3.8, 4) is 23.0 Å². The smallest absolute Gasteiger partial charge is 0.410 e. The third-order valence-corrected chi connectivity index (χ3v) is 5.19. The first-order chi connectivity index (χ1) is 15.4. The molecule has 0 aliphatic carbocycles. The number of hydrogen-bond acceptors (Lipinski definition) is 8. The molecule has 0 bridgehead atoms. The molecular formula is C21H25FN6O4. The van der Waals surface area contributed by atoms with E-state index in [-0.39, 0.29) is 29.7 Å². The second kappa shape index (κ2) is 8.93. The number of ether oxygens (including phenoxy) is 3. The van der Waals surface area contributed by atoms with Gasteiger partial charge < -0.3 is 19.1 Å². The maximum Gasteiger partial charge on any atom is 0.410 e. The predicted octanol–water partition coefficient (Wildman–Crippen LogP) is 2.96. The number of halogens is 1. The molecule has 0 unspecified atom stereocenters. The van der Waals surface area contributed by atoms with Gasteiger partial charge in [0.1, 0.15) is 29.2 Å². The highest BCUT2D eigenvalue weighted by Gasteiger charge is 2.27. The van der Waals surface area contributed by atoms with E-state index in [1.165, 1.54) is 13.4 Å². The molecule has 10 nitrogen and oxygen atoms in total. The fraction of sp³-hybridized carbons (Fsp3) is 0.476. The van der Waals surface area contributed by atoms with Crippen LogP contribution in [0.3, 0.4) is 0 Å². The quantitative estimate of drug-likeness (QED) is 0.553. The van der Waals surface area contributed by atoms with Gasteiger partial charge in [0, 0.05) is 39.0 Å². The van der Waals surface area contributed by atoms with Gasteiger partial charge in [-0.3, -0.25) is 4.68 Å². The molecule has 0 saturated carbocycles. The largest absolute Gasteiger partial charge is 0.481 e. The Labute approximate surface area is 184 Å². The summed E-state index contributed by atoms with van der Waals surface area (Å²) in [5.74, 6) is -0.166. The minimum atomic E-state index is -0.703. The Morgan fingerprint density at radius 2 is 1.97 bits per heavy atom. The summed E-state index contributed by atoms with van der Waals surface area (Å²) in [5.41, 5.74) is 1.56. The fourth-order valence-electron chi connectivity index (χ4n) is 3.64. The molecule has 32 heavy (non-hydrogen) atoms. The zero-order chi connectivity index (χ0) is 22.8. The van der Waals surface area contributed by atoms with E-state index >= 15 is 0 Å². The van der Waals surface area contributed by atoms with Crippen molar-refractivity contribution in [2.24, 2.45) is 7.05 Å². The lowest BCUT2D eigenvalue weighted by atomic mass is 10.1. The molecule has 11 heteroatoms. The van der Waals surface area contributed by atoms with Gasteiger partial charge in [-0.2, -0.15) is 19.5 Å². The summed E-state index contributed by atoms with van der Waals surface area (Å²) in [5, 5.41) is 4.44. The molecule has 0 N–H and O–H groups in total. The fourth-order valence-corrected chi connectivity index (χ4v) is 3.64. The summed E-state index contributed by atoms with van der Waals surface area (Å²) < 4.78 is 32.5. The van der Waals surface area contributed by atoms with Crippen molar-refractivity contribution < 1.29 is 23.4 Å². The van der Waals surface area contributed by atoms with E-state index in [9.17, 15) is 9.18 Å². The molecule has 0 atom stereocenters. The average molecular weight is 444 g/mol. The van der Waals surface area contributed by atoms with Gasteiger partial charge >= 0.3 is 6.09 Å². The van der Waals surface area contributed by atoms with Crippen LogP contribution in [0.1, 0.15) is 26.7 Å². The second-order valence-corrected chi connectivity index (χ2v) is 7.78. The van der Waals surface area contributed by atoms with E-state index in [4.69, 9.17) is 14.2 Å². The molecule has 0 aromatic carbocycles. The third kappa shape index (κ3) is 4.27. The van der Waals surface area contributed by atoms with Crippen molar-refractivity contribution >= 4 is 17.1 Å². The van der Waals surface area contributed by atoms with Crippen molar-refractivity contribution in [3.05, 3.63) is 24.4 Å². The van der Waals surface area contributed by atoms with Crippen molar-refractivity contribution in [3.63, 3.8) is 0 Å². The van der Waals surface area contributed by atoms with Crippen LogP contribution in [-0.2, 0) is 11.8 Å². The Balaban J connectivity index is 1.55. The first kappa shape index (κ1) is 21.7. The summed E-state index contributed by atoms with van der Waals surface area (Å²) in [6.45, 7) is 4.71. The third-order valence-electron chi connectivity index (χ3n) is 5.19. The number of piperidine rings is 1. The van der Waals surface area contributed by atoms with Crippen LogP contribution >= 0.6 is 0 Å². The molecule has 1 aliphatic heterocycles. The first-order valence-electron chi connectivity index (χ1n) is 10.4. The molecule has 4 heterocycles. The topological polar surface area (TPSA) is 104 Å². The molecule has 1 aliphatic rings. The molecule has 1 saturated heterocycles. The maximum absolute atomic E-state index is 14.6. The number of nitrogens with zero attached hydrogens (tertiary/aromatic N) is 6. The summed E-state index contributed by atoms with van der Waals surface area (Å²) in [7, 11) is 3.15. The summed E-state index contributed by atoms with van der Waals surface area (Å²) >= 11 is 0. The van der Waals surface area contributed by atoms with E-state index in [0.29, 0.717) is 48.5 Å². The minimum Gasteiger partial charge on any atom is -0.481 e. The molecule has 0 spiro atoms. The van der Waals surface area contributed by atoms with E-state index < -0.39 is 5.95 Å². The summed E-state index contributed by atoms with van der Waals surface area (Å²) in [6, 6.07) is 3.12. The van der Waals surface area contributed by atoms with Crippen molar-refractivity contribution in [2.45, 2.75) is 38.9 Å². The number of amides is 1. The lowest BCUT2D eigenvalue weighted by Crippen LogP contribution is -2.42. The number of methoxy groups -OCH3 is 1. The van der Waals surface area contributed by atoms with Crippen LogP contribution in [0, 0.1) is 5.95 Å². The van der Waals surface area contributed by atoms with E-state index in [1.54, 1.807) is 28.8 Å². The highest BCUT2D eigenvalue weighted by atomic mass is 19.1. The number of aromatic nitrogens is 5. The van der Waals surface area contributed by atoms with Crippen LogP contribution < -0.4 is 9.47 Å². The Morgan fingerprint density at radius 1 is 1.22 bits per heavy atom. The van der Waals surface area contributed by atoms with Gasteiger partial charge in [0.05, 0.1) is 18.8 Å². The lowest BCUT2D eigenvalue weighted by molar-refractivity contribution is 0.0510. The van der Waals surface area contributed by atoms with Crippen LogP contribution in [0.15, 0.2) is 18.5 Å². The number of rotatable bonds is 5. The number of hydrogen-bond donors (Lipinski definition) is 0. The number of pyridine rings is 1. The number of carbonyl (C=O) groups excluding carboxylic acids is 1. The van der Waals surface area contributed by atoms with E-state index in [1.807, 2.05) is 13.8 Å². The predicted molar refractivity (Wildman–Crippen MR) is 113 cm³/mol. The Bertz CT molecular complexity index is 1130. The van der Waals surface area contributed by atoms with Crippen LogP contribution in [0.2, 0.25) is 0 Å². The molecule has 3 aromatic heterocycles. The van der Waals surface area contributed by atoms with Crippen LogP contribution in [0.5, 0.6) is 11.8 Å². The molecule has 1 amide bonds. The van der Waals surface area contributed by atoms with Gasteiger partial charge in [-0.25, -0.2) is 9.78 Å². The molecule has 3 aromatic rings. The van der Waals surface area contributed by atoms with Gasteiger partial charge in [0.25, 0.3) is 0 Å². The minimum absolute atomic E-state index is 0.131. The van der Waals surface area contributed by atoms with Crippen LogP contribution in [0.4, 0.5) is 9.18 Å². The highest BCUT2D eigenvalue weighted by Crippen LogP contribution is 2.32. The Kier molecular flexibility index (Phi) is 6.06. The SMILES string of the molecule is COc1ccc(-c2nn(C)c3c(OC4CCN(C(=O)OC(C)C)CC4)ncnc23)c(F)n1. The summed E-state index contributed by atoms with van der Waals surface area (Å²) in [4.78, 5) is 26.1. The number of carbonyl (C=O) groups is 1. The molecule has 1 fully saturated rings.